The lowest BCUT2D eigenvalue weighted by molar-refractivity contribution is -0.162. The molecule has 2 aromatic carbocycles. The van der Waals surface area contributed by atoms with Crippen LogP contribution < -0.4 is 10.6 Å². The lowest BCUT2D eigenvalue weighted by Crippen LogP contribution is -2.57. The molecule has 5 aliphatic rings. The number of nitrogens with zero attached hydrogens (tertiary/aromatic N) is 2. The third-order valence-corrected chi connectivity index (χ3v) is 9.14. The van der Waals surface area contributed by atoms with E-state index in [-0.39, 0.29) is 24.1 Å². The van der Waals surface area contributed by atoms with Crippen LogP contribution in [0.1, 0.15) is 66.4 Å². The number of amides is 4. The Balaban J connectivity index is 1.33. The number of carbonyl (C=O) groups excluding carboxylic acids is 4. The maximum absolute atomic E-state index is 14.5. The molecule has 1 heterocycles. The molecule has 2 N–H and O–H groups in total. The van der Waals surface area contributed by atoms with Gasteiger partial charge in [-0.15, -0.1) is 0 Å². The van der Waals surface area contributed by atoms with Crippen molar-refractivity contribution in [3.8, 4) is 0 Å². The van der Waals surface area contributed by atoms with Gasteiger partial charge in [-0.25, -0.2) is 4.90 Å². The van der Waals surface area contributed by atoms with Gasteiger partial charge in [-0.05, 0) is 93.0 Å². The number of benzene rings is 2. The minimum absolute atomic E-state index is 0.0413. The van der Waals surface area contributed by atoms with Crippen LogP contribution in [0.25, 0.3) is 0 Å². The van der Waals surface area contributed by atoms with E-state index in [0.717, 1.165) is 35.3 Å². The van der Waals surface area contributed by atoms with Crippen molar-refractivity contribution in [2.45, 2.75) is 64.5 Å². The second-order valence-corrected chi connectivity index (χ2v) is 11.8. The van der Waals surface area contributed by atoms with Crippen LogP contribution in [-0.4, -0.2) is 34.6 Å². The summed E-state index contributed by atoms with van der Waals surface area (Å²) in [5, 5.41) is 0. The second kappa shape index (κ2) is 8.82. The topological polar surface area (TPSA) is 101 Å². The third kappa shape index (κ3) is 4.14. The maximum atomic E-state index is 14.5. The Morgan fingerprint density at radius 2 is 1.49 bits per heavy atom. The van der Waals surface area contributed by atoms with Gasteiger partial charge in [-0.2, -0.15) is 0 Å². The molecular weight excluding hydrogens is 466 g/mol. The fourth-order valence-electron chi connectivity index (χ4n) is 7.80. The van der Waals surface area contributed by atoms with Crippen LogP contribution >= 0.6 is 0 Å². The zero-order chi connectivity index (χ0) is 25.9. The molecule has 7 heteroatoms. The quantitative estimate of drug-likeness (QED) is 0.608. The van der Waals surface area contributed by atoms with E-state index in [1.807, 2.05) is 31.2 Å². The Labute approximate surface area is 217 Å². The van der Waals surface area contributed by atoms with Crippen molar-refractivity contribution in [1.29, 1.82) is 0 Å². The zero-order valence-corrected chi connectivity index (χ0v) is 21.2. The standard InChI is InChI=1S/C30H33N3O4/c1-18-2-4-19(5-3-18)17-32(29(37)30-14-20-10-21(15-30)12-22(11-20)16-30)25-13-26(34)33(28(25)36)24-8-6-23(7-9-24)27(31)35/h2-9,20-22,25H,10-17H2,1H3,(H2,31,35). The van der Waals surface area contributed by atoms with Gasteiger partial charge in [0, 0.05) is 12.1 Å². The summed E-state index contributed by atoms with van der Waals surface area (Å²) in [5.74, 6) is 0.530. The van der Waals surface area contributed by atoms with Gasteiger partial charge in [0.25, 0.3) is 5.91 Å². The van der Waals surface area contributed by atoms with Gasteiger partial charge in [0.15, 0.2) is 0 Å². The van der Waals surface area contributed by atoms with Crippen LogP contribution in [0.4, 0.5) is 5.69 Å². The highest BCUT2D eigenvalue weighted by atomic mass is 16.2. The maximum Gasteiger partial charge on any atom is 0.257 e. The van der Waals surface area contributed by atoms with Gasteiger partial charge in [0.2, 0.25) is 17.7 Å². The Kier molecular flexibility index (Phi) is 5.70. The molecule has 4 amide bonds. The van der Waals surface area contributed by atoms with Crippen LogP contribution in [0.5, 0.6) is 0 Å². The van der Waals surface area contributed by atoms with Gasteiger partial charge in [0.1, 0.15) is 6.04 Å². The lowest BCUT2D eigenvalue weighted by atomic mass is 9.49. The lowest BCUT2D eigenvalue weighted by Gasteiger charge is -2.57. The van der Waals surface area contributed by atoms with E-state index < -0.39 is 17.4 Å². The third-order valence-electron chi connectivity index (χ3n) is 9.14. The van der Waals surface area contributed by atoms with Crippen LogP contribution in [0.2, 0.25) is 0 Å². The first-order valence-corrected chi connectivity index (χ1v) is 13.4. The van der Waals surface area contributed by atoms with Gasteiger partial charge in [-0.3, -0.25) is 19.2 Å². The molecule has 0 aromatic heterocycles. The van der Waals surface area contributed by atoms with E-state index in [2.05, 4.69) is 0 Å². The first-order valence-electron chi connectivity index (χ1n) is 13.4. The molecule has 4 saturated carbocycles. The SMILES string of the molecule is Cc1ccc(CN(C(=O)C23CC4CC(CC(C4)C2)C3)C2CC(=O)N(c3ccc(C(N)=O)cc3)C2=O)cc1. The highest BCUT2D eigenvalue weighted by Crippen LogP contribution is 2.60. The number of hydrogen-bond acceptors (Lipinski definition) is 4. The van der Waals surface area contributed by atoms with Gasteiger partial charge in [0.05, 0.1) is 17.5 Å². The van der Waals surface area contributed by atoms with Crippen molar-refractivity contribution >= 4 is 29.3 Å². The van der Waals surface area contributed by atoms with Crippen molar-refractivity contribution in [3.05, 3.63) is 65.2 Å². The molecule has 2 aromatic rings. The van der Waals surface area contributed by atoms with E-state index in [0.29, 0.717) is 35.5 Å². The molecule has 1 aliphatic heterocycles. The molecule has 37 heavy (non-hydrogen) atoms. The number of rotatable bonds is 6. The Morgan fingerprint density at radius 3 is 2.03 bits per heavy atom. The van der Waals surface area contributed by atoms with E-state index in [1.165, 1.54) is 31.4 Å². The van der Waals surface area contributed by atoms with E-state index in [9.17, 15) is 19.2 Å². The van der Waals surface area contributed by atoms with Gasteiger partial charge in [-0.1, -0.05) is 29.8 Å². The largest absolute Gasteiger partial charge is 0.366 e. The molecule has 7 rings (SSSR count). The van der Waals surface area contributed by atoms with Crippen LogP contribution in [0.3, 0.4) is 0 Å². The Bertz CT molecular complexity index is 1230. The predicted octanol–water partition coefficient (Wildman–Crippen LogP) is 3.97. The van der Waals surface area contributed by atoms with Crippen LogP contribution in [0, 0.1) is 30.1 Å². The monoisotopic (exact) mass is 499 g/mol. The number of anilines is 1. The number of primary amides is 1. The summed E-state index contributed by atoms with van der Waals surface area (Å²) >= 11 is 0. The van der Waals surface area contributed by atoms with Crippen molar-refractivity contribution in [3.63, 3.8) is 0 Å². The summed E-state index contributed by atoms with van der Waals surface area (Å²) in [4.78, 5) is 55.7. The van der Waals surface area contributed by atoms with Gasteiger partial charge >= 0.3 is 0 Å². The molecule has 1 saturated heterocycles. The van der Waals surface area contributed by atoms with Crippen molar-refractivity contribution in [2.24, 2.45) is 28.9 Å². The number of aryl methyl sites for hydroxylation is 1. The fourth-order valence-corrected chi connectivity index (χ4v) is 7.80. The molecule has 4 aliphatic carbocycles. The molecule has 1 atom stereocenters. The summed E-state index contributed by atoms with van der Waals surface area (Å²) in [6.45, 7) is 2.32. The second-order valence-electron chi connectivity index (χ2n) is 11.8. The zero-order valence-electron chi connectivity index (χ0n) is 21.2. The van der Waals surface area contributed by atoms with Gasteiger partial charge < -0.3 is 10.6 Å². The number of hydrogen-bond donors (Lipinski definition) is 1. The average molecular weight is 500 g/mol. The molecule has 4 bridgehead atoms. The highest BCUT2D eigenvalue weighted by molar-refractivity contribution is 6.23. The summed E-state index contributed by atoms with van der Waals surface area (Å²) in [7, 11) is 0. The number of nitrogens with two attached hydrogens (primary N) is 1. The van der Waals surface area contributed by atoms with E-state index in [4.69, 9.17) is 5.73 Å². The molecule has 0 radical (unpaired) electrons. The van der Waals surface area contributed by atoms with Crippen molar-refractivity contribution < 1.29 is 19.2 Å². The Morgan fingerprint density at radius 1 is 0.919 bits per heavy atom. The first kappa shape index (κ1) is 23.9. The normalized spacial score (nSPS) is 30.1. The minimum Gasteiger partial charge on any atom is -0.366 e. The average Bonchev–Trinajstić information content (AvgIpc) is 3.16. The summed E-state index contributed by atoms with van der Waals surface area (Å²) in [6, 6.07) is 13.3. The molecule has 5 fully saturated rings. The molecule has 0 spiro atoms. The summed E-state index contributed by atoms with van der Waals surface area (Å²) in [5.41, 5.74) is 7.69. The molecular formula is C30H33N3O4. The Hall–Kier alpha value is -3.48. The molecule has 7 nitrogen and oxygen atoms in total. The van der Waals surface area contributed by atoms with Crippen molar-refractivity contribution in [2.75, 3.05) is 4.90 Å². The predicted molar refractivity (Wildman–Crippen MR) is 138 cm³/mol. The van der Waals surface area contributed by atoms with Crippen LogP contribution in [0.15, 0.2) is 48.5 Å². The number of imide groups is 1. The summed E-state index contributed by atoms with van der Waals surface area (Å²) < 4.78 is 0. The van der Waals surface area contributed by atoms with E-state index >= 15 is 0 Å². The highest BCUT2D eigenvalue weighted by Gasteiger charge is 2.57. The molecule has 1 unspecified atom stereocenters. The van der Waals surface area contributed by atoms with Crippen LogP contribution in [-0.2, 0) is 20.9 Å². The first-order chi connectivity index (χ1) is 17.7. The molecule has 192 valence electrons. The summed E-state index contributed by atoms with van der Waals surface area (Å²) in [6.07, 6.45) is 6.32. The number of carbonyl (C=O) groups is 4. The fraction of sp³-hybridized carbons (Fsp3) is 0.467. The van der Waals surface area contributed by atoms with E-state index in [1.54, 1.807) is 17.0 Å². The minimum atomic E-state index is -0.842. The smallest absolute Gasteiger partial charge is 0.257 e. The van der Waals surface area contributed by atoms with Crippen molar-refractivity contribution in [1.82, 2.24) is 4.90 Å².